The zero-order valence-corrected chi connectivity index (χ0v) is 18.6. The first-order valence-corrected chi connectivity index (χ1v) is 10.7. The average Bonchev–Trinajstić information content (AvgIpc) is 2.84. The van der Waals surface area contributed by atoms with Gasteiger partial charge in [0, 0.05) is 39.6 Å². The minimum atomic E-state index is -0.307. The van der Waals surface area contributed by atoms with E-state index in [0.29, 0.717) is 28.6 Å². The van der Waals surface area contributed by atoms with E-state index in [-0.39, 0.29) is 12.1 Å². The number of nitrogens with one attached hydrogen (secondary N) is 3. The highest BCUT2D eigenvalue weighted by atomic mass is 35.5. The number of nitriles is 1. The highest BCUT2D eigenvalue weighted by molar-refractivity contribution is 6.30. The summed E-state index contributed by atoms with van der Waals surface area (Å²) in [4.78, 5) is 12.2. The van der Waals surface area contributed by atoms with Crippen molar-refractivity contribution in [1.82, 2.24) is 15.5 Å². The van der Waals surface area contributed by atoms with Gasteiger partial charge < -0.3 is 16.0 Å². The van der Waals surface area contributed by atoms with E-state index >= 15 is 0 Å². The lowest BCUT2D eigenvalue weighted by Gasteiger charge is -2.17. The molecule has 1 heterocycles. The van der Waals surface area contributed by atoms with Gasteiger partial charge in [-0.25, -0.2) is 4.79 Å². The molecule has 164 valence electrons. The number of nitrogens with zero attached hydrogens (tertiary/aromatic N) is 3. The molecule has 1 aromatic heterocycles. The minimum Gasteiger partial charge on any atom is -0.364 e. The van der Waals surface area contributed by atoms with Crippen LogP contribution in [0.3, 0.4) is 0 Å². The summed E-state index contributed by atoms with van der Waals surface area (Å²) in [6.45, 7) is 2.33. The molecule has 2 amide bonds. The van der Waals surface area contributed by atoms with Crippen LogP contribution < -0.4 is 16.0 Å². The fourth-order valence-electron chi connectivity index (χ4n) is 3.37. The van der Waals surface area contributed by atoms with Crippen molar-refractivity contribution in [2.75, 3.05) is 17.2 Å². The van der Waals surface area contributed by atoms with Crippen LogP contribution in [0.2, 0.25) is 5.02 Å². The lowest BCUT2D eigenvalue weighted by Crippen LogP contribution is -2.37. The van der Waals surface area contributed by atoms with Gasteiger partial charge in [-0.15, -0.1) is 10.2 Å². The molecule has 8 heteroatoms. The first-order valence-electron chi connectivity index (χ1n) is 10.4. The fraction of sp³-hybridized carbons (Fsp3) is 0.120. The Kier molecular flexibility index (Phi) is 6.67. The van der Waals surface area contributed by atoms with Gasteiger partial charge in [0.2, 0.25) is 0 Å². The lowest BCUT2D eigenvalue weighted by molar-refractivity contribution is 0.252. The van der Waals surface area contributed by atoms with E-state index in [1.807, 2.05) is 43.3 Å². The molecule has 0 aliphatic rings. The maximum absolute atomic E-state index is 12.2. The molecule has 4 aromatic rings. The molecule has 3 aromatic carbocycles. The molecular formula is C25H21ClN6O. The van der Waals surface area contributed by atoms with Crippen molar-refractivity contribution in [2.24, 2.45) is 0 Å². The Labute approximate surface area is 196 Å². The van der Waals surface area contributed by atoms with Crippen LogP contribution in [0.25, 0.3) is 22.0 Å². The lowest BCUT2D eigenvalue weighted by atomic mass is 10.0. The molecule has 0 unspecified atom stereocenters. The van der Waals surface area contributed by atoms with Crippen molar-refractivity contribution in [3.63, 3.8) is 0 Å². The Balaban J connectivity index is 1.45. The van der Waals surface area contributed by atoms with E-state index in [4.69, 9.17) is 16.9 Å². The third-order valence-electron chi connectivity index (χ3n) is 5.03. The minimum absolute atomic E-state index is 0.0977. The number of hydrogen-bond acceptors (Lipinski definition) is 5. The molecule has 0 saturated carbocycles. The first-order chi connectivity index (χ1) is 16.0. The Morgan fingerprint density at radius 2 is 1.70 bits per heavy atom. The van der Waals surface area contributed by atoms with E-state index in [1.54, 1.807) is 36.4 Å². The number of halogens is 1. The van der Waals surface area contributed by atoms with Gasteiger partial charge in [0.25, 0.3) is 0 Å². The molecule has 4 rings (SSSR count). The SMILES string of the molecule is C[C@@H](CNC(=O)Nc1ccc(Cl)cc1)Nc1nnc(-c2ccc(C#N)cc2)c2ccccc12. The zero-order valence-electron chi connectivity index (χ0n) is 17.8. The van der Waals surface area contributed by atoms with Crippen LogP contribution in [0.15, 0.2) is 72.8 Å². The Morgan fingerprint density at radius 3 is 2.39 bits per heavy atom. The molecule has 33 heavy (non-hydrogen) atoms. The molecule has 0 aliphatic carbocycles. The van der Waals surface area contributed by atoms with E-state index in [0.717, 1.165) is 22.0 Å². The standard InChI is InChI=1S/C25H21ClN6O/c1-16(15-28-25(33)30-20-12-10-19(26)11-13-20)29-24-22-5-3-2-4-21(22)23(31-32-24)18-8-6-17(14-27)7-9-18/h2-13,16H,15H2,1H3,(H,29,32)(H2,28,30,33)/t16-/m0/s1. The average molecular weight is 457 g/mol. The number of aromatic nitrogens is 2. The third kappa shape index (κ3) is 5.37. The number of carbonyl (C=O) groups is 1. The van der Waals surface area contributed by atoms with E-state index in [9.17, 15) is 4.79 Å². The van der Waals surface area contributed by atoms with Crippen LogP contribution in [0, 0.1) is 11.3 Å². The molecule has 0 bridgehead atoms. The Morgan fingerprint density at radius 1 is 1.00 bits per heavy atom. The van der Waals surface area contributed by atoms with Crippen LogP contribution in [-0.4, -0.2) is 28.8 Å². The summed E-state index contributed by atoms with van der Waals surface area (Å²) in [5.74, 6) is 0.635. The Bertz CT molecular complexity index is 1320. The maximum atomic E-state index is 12.2. The molecule has 0 fully saturated rings. The van der Waals surface area contributed by atoms with E-state index in [2.05, 4.69) is 32.2 Å². The van der Waals surface area contributed by atoms with Crippen molar-refractivity contribution < 1.29 is 4.79 Å². The van der Waals surface area contributed by atoms with Crippen LogP contribution in [0.5, 0.6) is 0 Å². The fourth-order valence-corrected chi connectivity index (χ4v) is 3.49. The summed E-state index contributed by atoms with van der Waals surface area (Å²) in [7, 11) is 0. The van der Waals surface area contributed by atoms with Gasteiger partial charge in [0.05, 0.1) is 11.6 Å². The predicted octanol–water partition coefficient (Wildman–Crippen LogP) is 5.44. The number of anilines is 2. The molecular weight excluding hydrogens is 436 g/mol. The second-order valence-electron chi connectivity index (χ2n) is 7.52. The second kappa shape index (κ2) is 9.98. The summed E-state index contributed by atoms with van der Waals surface area (Å²) in [5, 5.41) is 29.3. The van der Waals surface area contributed by atoms with Crippen molar-refractivity contribution in [3.05, 3.63) is 83.4 Å². The molecule has 1 atom stereocenters. The number of amides is 2. The highest BCUT2D eigenvalue weighted by Gasteiger charge is 2.13. The smallest absolute Gasteiger partial charge is 0.319 e. The molecule has 0 spiro atoms. The van der Waals surface area contributed by atoms with Crippen LogP contribution in [0.1, 0.15) is 12.5 Å². The van der Waals surface area contributed by atoms with Crippen molar-refractivity contribution in [1.29, 1.82) is 5.26 Å². The monoisotopic (exact) mass is 456 g/mol. The van der Waals surface area contributed by atoms with Gasteiger partial charge in [0.15, 0.2) is 5.82 Å². The number of fused-ring (bicyclic) bond motifs is 1. The number of urea groups is 1. The van der Waals surface area contributed by atoms with Gasteiger partial charge in [-0.1, -0.05) is 48.0 Å². The quantitative estimate of drug-likeness (QED) is 0.358. The first kappa shape index (κ1) is 22.1. The molecule has 0 aliphatic heterocycles. The van der Waals surface area contributed by atoms with Crippen molar-refractivity contribution in [3.8, 4) is 17.3 Å². The maximum Gasteiger partial charge on any atom is 0.319 e. The Hall–Kier alpha value is -4.15. The van der Waals surface area contributed by atoms with Gasteiger partial charge in [-0.2, -0.15) is 5.26 Å². The zero-order chi connectivity index (χ0) is 23.2. The third-order valence-corrected chi connectivity index (χ3v) is 5.28. The van der Waals surface area contributed by atoms with Crippen LogP contribution in [-0.2, 0) is 0 Å². The van der Waals surface area contributed by atoms with Crippen molar-refractivity contribution >= 4 is 39.9 Å². The number of rotatable bonds is 6. The predicted molar refractivity (Wildman–Crippen MR) is 131 cm³/mol. The van der Waals surface area contributed by atoms with Crippen molar-refractivity contribution in [2.45, 2.75) is 13.0 Å². The van der Waals surface area contributed by atoms with Gasteiger partial charge in [-0.05, 0) is 43.3 Å². The van der Waals surface area contributed by atoms with Gasteiger partial charge in [0.1, 0.15) is 5.69 Å². The summed E-state index contributed by atoms with van der Waals surface area (Å²) < 4.78 is 0. The van der Waals surface area contributed by atoms with Gasteiger partial charge in [-0.3, -0.25) is 0 Å². The largest absolute Gasteiger partial charge is 0.364 e. The summed E-state index contributed by atoms with van der Waals surface area (Å²) in [5.41, 5.74) is 2.88. The molecule has 0 saturated heterocycles. The summed E-state index contributed by atoms with van der Waals surface area (Å²) in [6.07, 6.45) is 0. The molecule has 7 nitrogen and oxygen atoms in total. The molecule has 0 radical (unpaired) electrons. The summed E-state index contributed by atoms with van der Waals surface area (Å²) in [6, 6.07) is 23.8. The number of hydrogen-bond donors (Lipinski definition) is 3. The topological polar surface area (TPSA) is 103 Å². The molecule has 3 N–H and O–H groups in total. The number of benzene rings is 3. The summed E-state index contributed by atoms with van der Waals surface area (Å²) >= 11 is 5.87. The van der Waals surface area contributed by atoms with E-state index in [1.165, 1.54) is 0 Å². The van der Waals surface area contributed by atoms with Gasteiger partial charge >= 0.3 is 6.03 Å². The van der Waals surface area contributed by atoms with Crippen LogP contribution in [0.4, 0.5) is 16.3 Å². The van der Waals surface area contributed by atoms with E-state index < -0.39 is 0 Å². The normalized spacial score (nSPS) is 11.4. The second-order valence-corrected chi connectivity index (χ2v) is 7.96. The van der Waals surface area contributed by atoms with Crippen LogP contribution >= 0.6 is 11.6 Å². The number of carbonyl (C=O) groups excluding carboxylic acids is 1. The highest BCUT2D eigenvalue weighted by Crippen LogP contribution is 2.30.